The molecule has 0 saturated carbocycles. The van der Waals surface area contributed by atoms with Gasteiger partial charge in [-0.05, 0) is 94.5 Å². The average Bonchev–Trinajstić information content (AvgIpc) is 3.58. The Morgan fingerprint density at radius 1 is 1.07 bits per heavy atom. The highest BCUT2D eigenvalue weighted by atomic mass is 32.1. The van der Waals surface area contributed by atoms with Crippen LogP contribution in [-0.4, -0.2) is 90.0 Å². The molecule has 1 fully saturated rings. The van der Waals surface area contributed by atoms with E-state index in [1.54, 1.807) is 16.7 Å². The Morgan fingerprint density at radius 3 is 2.48 bits per heavy atom. The molecule has 0 amide bonds. The standard InChI is InChI=1S/C29H36N2O3S.C2H2O4.CH4/c1-30(2)15-6-9-25-24-8-3-4-11-27(24)35-29(25)22-12-16-31(17-13-22)19-23(32)20-34-26-10-5-7-21-14-18-33-28(21)26;3-1(4)2(5)6;/h3-5,7-8,10-11,14,18,22-23,32H,6,9,12-13,15-17,19-20H2,1-2H3;(H,3,4)(H,5,6);1H4/t23-;;/m0../s1. The summed E-state index contributed by atoms with van der Waals surface area (Å²) in [6, 6.07) is 16.7. The first kappa shape index (κ1) is 33.1. The lowest BCUT2D eigenvalue weighted by Crippen LogP contribution is -2.40. The summed E-state index contributed by atoms with van der Waals surface area (Å²) in [6.07, 6.45) is 5.78. The topological polar surface area (TPSA) is 124 Å². The molecule has 1 atom stereocenters. The first-order chi connectivity index (χ1) is 19.7. The van der Waals surface area contributed by atoms with Crippen molar-refractivity contribution in [2.45, 2.75) is 45.1 Å². The highest BCUT2D eigenvalue weighted by Crippen LogP contribution is 2.41. The molecule has 42 heavy (non-hydrogen) atoms. The summed E-state index contributed by atoms with van der Waals surface area (Å²) in [6.45, 7) is 4.06. The Morgan fingerprint density at radius 2 is 1.79 bits per heavy atom. The number of ether oxygens (including phenoxy) is 1. The van der Waals surface area contributed by atoms with Gasteiger partial charge in [-0.15, -0.1) is 11.3 Å². The van der Waals surface area contributed by atoms with E-state index in [9.17, 15) is 5.11 Å². The highest BCUT2D eigenvalue weighted by Gasteiger charge is 2.26. The van der Waals surface area contributed by atoms with Crippen LogP contribution in [0.15, 0.2) is 59.2 Å². The second kappa shape index (κ2) is 15.7. The number of carboxylic acids is 2. The van der Waals surface area contributed by atoms with Crippen LogP contribution in [0.3, 0.4) is 0 Å². The van der Waals surface area contributed by atoms with Gasteiger partial charge in [-0.3, -0.25) is 0 Å². The lowest BCUT2D eigenvalue weighted by Gasteiger charge is -2.33. The van der Waals surface area contributed by atoms with Crippen LogP contribution < -0.4 is 4.74 Å². The van der Waals surface area contributed by atoms with E-state index in [1.165, 1.54) is 16.5 Å². The number of β-amino-alcohol motifs (C(OH)–C–C–N with tert-alkyl or cyclic N) is 1. The van der Waals surface area contributed by atoms with Gasteiger partial charge < -0.3 is 34.3 Å². The third-order valence-electron chi connectivity index (χ3n) is 7.25. The number of rotatable bonds is 10. The molecule has 9 nitrogen and oxygen atoms in total. The van der Waals surface area contributed by atoms with Gasteiger partial charge in [0.05, 0.1) is 6.26 Å². The van der Waals surface area contributed by atoms with Gasteiger partial charge in [-0.25, -0.2) is 9.59 Å². The van der Waals surface area contributed by atoms with E-state index in [4.69, 9.17) is 29.0 Å². The lowest BCUT2D eigenvalue weighted by atomic mass is 9.90. The molecule has 0 aliphatic carbocycles. The van der Waals surface area contributed by atoms with Gasteiger partial charge >= 0.3 is 11.9 Å². The van der Waals surface area contributed by atoms with Crippen LogP contribution in [0.4, 0.5) is 0 Å². The molecule has 0 spiro atoms. The predicted molar refractivity (Wildman–Crippen MR) is 167 cm³/mol. The number of aryl methyl sites for hydroxylation is 1. The number of likely N-dealkylation sites (tertiary alicyclic amines) is 1. The van der Waals surface area contributed by atoms with Crippen molar-refractivity contribution in [3.8, 4) is 5.75 Å². The molecule has 2 aromatic carbocycles. The minimum Gasteiger partial charge on any atom is -0.487 e. The molecular formula is C32H42N2O7S. The van der Waals surface area contributed by atoms with Gasteiger partial charge in [0.1, 0.15) is 12.7 Å². The molecule has 0 unspecified atom stereocenters. The number of nitrogens with zero attached hydrogens (tertiary/aromatic N) is 2. The fourth-order valence-electron chi connectivity index (χ4n) is 5.27. The maximum Gasteiger partial charge on any atom is 0.414 e. The molecule has 228 valence electrons. The number of thiophene rings is 1. The number of aliphatic carboxylic acids is 2. The number of piperidine rings is 1. The van der Waals surface area contributed by atoms with Crippen molar-refractivity contribution in [2.75, 3.05) is 46.9 Å². The molecular weight excluding hydrogens is 556 g/mol. The monoisotopic (exact) mass is 598 g/mol. The smallest absolute Gasteiger partial charge is 0.414 e. The number of carboxylic acid groups (broad SMARTS) is 2. The van der Waals surface area contributed by atoms with E-state index in [1.807, 2.05) is 35.6 Å². The first-order valence-corrected chi connectivity index (χ1v) is 14.6. The number of para-hydroxylation sites is 1. The zero-order chi connectivity index (χ0) is 29.4. The number of benzene rings is 2. The largest absolute Gasteiger partial charge is 0.487 e. The van der Waals surface area contributed by atoms with E-state index in [2.05, 4.69) is 48.2 Å². The summed E-state index contributed by atoms with van der Waals surface area (Å²) in [5, 5.41) is 27.9. The van der Waals surface area contributed by atoms with Crippen molar-refractivity contribution in [2.24, 2.45) is 0 Å². The van der Waals surface area contributed by atoms with Gasteiger partial charge in [0.15, 0.2) is 11.3 Å². The number of fused-ring (bicyclic) bond motifs is 2. The SMILES string of the molecule is C.CN(C)CCCc1c(C2CCN(C[C@H](O)COc3cccc4ccoc34)CC2)sc2ccccc12.O=C(O)C(=O)O. The quantitative estimate of drug-likeness (QED) is 0.202. The zero-order valence-electron chi connectivity index (χ0n) is 23.5. The summed E-state index contributed by atoms with van der Waals surface area (Å²) >= 11 is 2.00. The Labute approximate surface area is 250 Å². The molecule has 3 heterocycles. The number of furan rings is 1. The Balaban J connectivity index is 0.000000628. The van der Waals surface area contributed by atoms with Crippen molar-refractivity contribution < 1.29 is 34.1 Å². The summed E-state index contributed by atoms with van der Waals surface area (Å²) in [5.74, 6) is -2.34. The number of carbonyl (C=O) groups is 2. The van der Waals surface area contributed by atoms with E-state index >= 15 is 0 Å². The van der Waals surface area contributed by atoms with Gasteiger partial charge in [-0.1, -0.05) is 37.8 Å². The van der Waals surface area contributed by atoms with Gasteiger partial charge in [0.25, 0.3) is 0 Å². The third kappa shape index (κ3) is 8.78. The van der Waals surface area contributed by atoms with E-state index in [0.717, 1.165) is 49.9 Å². The molecule has 4 aromatic rings. The van der Waals surface area contributed by atoms with Crippen molar-refractivity contribution in [1.29, 1.82) is 0 Å². The van der Waals surface area contributed by atoms with Crippen LogP contribution >= 0.6 is 11.3 Å². The number of aliphatic hydroxyl groups excluding tert-OH is 1. The normalized spacial score (nSPS) is 14.8. The van der Waals surface area contributed by atoms with Gasteiger partial charge in [-0.2, -0.15) is 0 Å². The van der Waals surface area contributed by atoms with Crippen LogP contribution in [0.25, 0.3) is 21.1 Å². The second-order valence-corrected chi connectivity index (χ2v) is 11.7. The fourth-order valence-corrected chi connectivity index (χ4v) is 6.69. The van der Waals surface area contributed by atoms with Crippen LogP contribution in [0.1, 0.15) is 43.0 Å². The van der Waals surface area contributed by atoms with Crippen LogP contribution in [0.5, 0.6) is 5.75 Å². The average molecular weight is 599 g/mol. The van der Waals surface area contributed by atoms with Gasteiger partial charge in [0.2, 0.25) is 0 Å². The predicted octanol–water partition coefficient (Wildman–Crippen LogP) is 5.55. The molecule has 5 rings (SSSR count). The maximum absolute atomic E-state index is 10.7. The molecule has 1 saturated heterocycles. The van der Waals surface area contributed by atoms with Crippen molar-refractivity contribution >= 4 is 44.3 Å². The summed E-state index contributed by atoms with van der Waals surface area (Å²) in [7, 11) is 4.30. The van der Waals surface area contributed by atoms with E-state index < -0.39 is 18.0 Å². The Kier molecular flexibility index (Phi) is 12.4. The molecule has 2 aromatic heterocycles. The lowest BCUT2D eigenvalue weighted by molar-refractivity contribution is -0.159. The molecule has 1 aliphatic rings. The van der Waals surface area contributed by atoms with Crippen LogP contribution in [-0.2, 0) is 16.0 Å². The summed E-state index contributed by atoms with van der Waals surface area (Å²) in [5.41, 5.74) is 2.32. The number of hydrogen-bond donors (Lipinski definition) is 3. The number of aliphatic hydroxyl groups is 1. The first-order valence-electron chi connectivity index (χ1n) is 13.8. The molecule has 3 N–H and O–H groups in total. The summed E-state index contributed by atoms with van der Waals surface area (Å²) in [4.78, 5) is 24.5. The minimum absolute atomic E-state index is 0. The van der Waals surface area contributed by atoms with Crippen molar-refractivity contribution in [3.63, 3.8) is 0 Å². The van der Waals surface area contributed by atoms with E-state index in [0.29, 0.717) is 18.2 Å². The summed E-state index contributed by atoms with van der Waals surface area (Å²) < 4.78 is 12.9. The fraction of sp³-hybridized carbons (Fsp3) is 0.438. The van der Waals surface area contributed by atoms with Crippen molar-refractivity contribution in [3.05, 3.63) is 65.2 Å². The van der Waals surface area contributed by atoms with Gasteiger partial charge in [0, 0.05) is 21.5 Å². The number of hydrogen-bond acceptors (Lipinski definition) is 8. The van der Waals surface area contributed by atoms with Crippen LogP contribution in [0.2, 0.25) is 0 Å². The molecule has 1 aliphatic heterocycles. The van der Waals surface area contributed by atoms with E-state index in [-0.39, 0.29) is 14.0 Å². The van der Waals surface area contributed by atoms with Crippen LogP contribution in [0, 0.1) is 0 Å². The molecule has 0 radical (unpaired) electrons. The Hall–Kier alpha value is -3.44. The maximum atomic E-state index is 10.7. The molecule has 10 heteroatoms. The second-order valence-electron chi connectivity index (χ2n) is 10.6. The van der Waals surface area contributed by atoms with Crippen molar-refractivity contribution in [1.82, 2.24) is 9.80 Å². The Bertz CT molecular complexity index is 1430. The molecule has 0 bridgehead atoms. The third-order valence-corrected chi connectivity index (χ3v) is 8.62. The highest BCUT2D eigenvalue weighted by molar-refractivity contribution is 7.19. The minimum atomic E-state index is -1.82. The zero-order valence-corrected chi connectivity index (χ0v) is 24.3.